The zero-order chi connectivity index (χ0) is 12.4. The first-order chi connectivity index (χ1) is 8.04. The second-order valence-corrected chi connectivity index (χ2v) is 4.50. The molecule has 17 heavy (non-hydrogen) atoms. The Kier molecular flexibility index (Phi) is 3.31. The Balaban J connectivity index is 2.28. The maximum absolute atomic E-state index is 5.90. The lowest BCUT2D eigenvalue weighted by Gasteiger charge is -2.09. The van der Waals surface area contributed by atoms with Gasteiger partial charge in [-0.3, -0.25) is 0 Å². The predicted octanol–water partition coefficient (Wildman–Crippen LogP) is 3.90. The molecule has 2 aromatic carbocycles. The lowest BCUT2D eigenvalue weighted by molar-refractivity contribution is 1.54. The zero-order valence-electron chi connectivity index (χ0n) is 8.87. The second kappa shape index (κ2) is 4.73. The standard InChI is InChI=1S/C12H11Cl2N3/c13-7-3-8(14)5-10(4-7)17-9-1-2-11(15)12(16)6-9/h1-6,17H,15-16H2. The fourth-order valence-corrected chi connectivity index (χ4v) is 1.97. The Morgan fingerprint density at radius 3 is 2.00 bits per heavy atom. The van der Waals surface area contributed by atoms with Crippen LogP contribution in [0.2, 0.25) is 10.0 Å². The first kappa shape index (κ1) is 11.9. The molecule has 3 nitrogen and oxygen atoms in total. The molecule has 0 heterocycles. The molecule has 0 radical (unpaired) electrons. The van der Waals surface area contributed by atoms with Gasteiger partial charge >= 0.3 is 0 Å². The van der Waals surface area contributed by atoms with E-state index in [-0.39, 0.29) is 0 Å². The van der Waals surface area contributed by atoms with Gasteiger partial charge in [0.05, 0.1) is 11.4 Å². The lowest BCUT2D eigenvalue weighted by Crippen LogP contribution is -1.96. The molecule has 0 atom stereocenters. The van der Waals surface area contributed by atoms with E-state index in [1.165, 1.54) is 0 Å². The fourth-order valence-electron chi connectivity index (χ4n) is 1.45. The zero-order valence-corrected chi connectivity index (χ0v) is 10.4. The van der Waals surface area contributed by atoms with Crippen molar-refractivity contribution >= 4 is 46.0 Å². The number of nitrogen functional groups attached to an aromatic ring is 2. The minimum atomic E-state index is 0.531. The van der Waals surface area contributed by atoms with Gasteiger partial charge in [0.2, 0.25) is 0 Å². The van der Waals surface area contributed by atoms with E-state index in [9.17, 15) is 0 Å². The van der Waals surface area contributed by atoms with E-state index >= 15 is 0 Å². The molecular formula is C12H11Cl2N3. The van der Waals surface area contributed by atoms with E-state index in [0.29, 0.717) is 21.4 Å². The van der Waals surface area contributed by atoms with Gasteiger partial charge in [-0.05, 0) is 36.4 Å². The van der Waals surface area contributed by atoms with Gasteiger partial charge in [0, 0.05) is 21.4 Å². The Bertz CT molecular complexity index is 535. The molecule has 5 heteroatoms. The molecule has 0 aliphatic heterocycles. The average molecular weight is 268 g/mol. The van der Waals surface area contributed by atoms with Gasteiger partial charge in [-0.15, -0.1) is 0 Å². The third-order valence-corrected chi connectivity index (χ3v) is 2.67. The van der Waals surface area contributed by atoms with Crippen molar-refractivity contribution in [2.45, 2.75) is 0 Å². The van der Waals surface area contributed by atoms with Crippen LogP contribution in [0.1, 0.15) is 0 Å². The minimum absolute atomic E-state index is 0.531. The van der Waals surface area contributed by atoms with Crippen LogP contribution in [0.5, 0.6) is 0 Å². The van der Waals surface area contributed by atoms with Crippen LogP contribution in [0.4, 0.5) is 22.7 Å². The van der Waals surface area contributed by atoms with Crippen molar-refractivity contribution in [1.29, 1.82) is 0 Å². The summed E-state index contributed by atoms with van der Waals surface area (Å²) in [7, 11) is 0. The molecule has 2 rings (SSSR count). The summed E-state index contributed by atoms with van der Waals surface area (Å²) in [6.07, 6.45) is 0. The molecule has 0 unspecified atom stereocenters. The highest BCUT2D eigenvalue weighted by molar-refractivity contribution is 6.35. The Labute approximate surface area is 109 Å². The summed E-state index contributed by atoms with van der Waals surface area (Å²) in [4.78, 5) is 0. The summed E-state index contributed by atoms with van der Waals surface area (Å²) < 4.78 is 0. The molecule has 88 valence electrons. The summed E-state index contributed by atoms with van der Waals surface area (Å²) in [5, 5.41) is 4.29. The normalized spacial score (nSPS) is 10.2. The van der Waals surface area contributed by atoms with Crippen LogP contribution in [-0.4, -0.2) is 0 Å². The first-order valence-electron chi connectivity index (χ1n) is 4.93. The third-order valence-electron chi connectivity index (χ3n) is 2.24. The molecule has 0 spiro atoms. The Morgan fingerprint density at radius 1 is 0.765 bits per heavy atom. The number of nitrogens with two attached hydrogens (primary N) is 2. The van der Waals surface area contributed by atoms with Gasteiger partial charge in [-0.2, -0.15) is 0 Å². The van der Waals surface area contributed by atoms with Crippen molar-refractivity contribution in [3.05, 3.63) is 46.4 Å². The van der Waals surface area contributed by atoms with E-state index in [1.54, 1.807) is 30.3 Å². The van der Waals surface area contributed by atoms with Gasteiger partial charge in [0.1, 0.15) is 0 Å². The highest BCUT2D eigenvalue weighted by atomic mass is 35.5. The van der Waals surface area contributed by atoms with Crippen molar-refractivity contribution in [2.24, 2.45) is 0 Å². The molecule has 0 aromatic heterocycles. The van der Waals surface area contributed by atoms with Crippen LogP contribution < -0.4 is 16.8 Å². The van der Waals surface area contributed by atoms with Crippen molar-refractivity contribution in [3.8, 4) is 0 Å². The highest BCUT2D eigenvalue weighted by Gasteiger charge is 2.01. The number of anilines is 4. The monoisotopic (exact) mass is 267 g/mol. The van der Waals surface area contributed by atoms with Gasteiger partial charge in [-0.25, -0.2) is 0 Å². The number of halogens is 2. The molecule has 0 bridgehead atoms. The topological polar surface area (TPSA) is 64.1 Å². The van der Waals surface area contributed by atoms with E-state index in [0.717, 1.165) is 11.4 Å². The third kappa shape index (κ3) is 2.96. The van der Waals surface area contributed by atoms with Crippen molar-refractivity contribution in [2.75, 3.05) is 16.8 Å². The summed E-state index contributed by atoms with van der Waals surface area (Å²) in [5.41, 5.74) is 14.1. The van der Waals surface area contributed by atoms with Gasteiger partial charge in [0.25, 0.3) is 0 Å². The number of hydrogen-bond donors (Lipinski definition) is 3. The molecule has 0 saturated carbocycles. The predicted molar refractivity (Wildman–Crippen MR) is 75.0 cm³/mol. The van der Waals surface area contributed by atoms with E-state index in [4.69, 9.17) is 34.7 Å². The number of rotatable bonds is 2. The summed E-state index contributed by atoms with van der Waals surface area (Å²) in [6.45, 7) is 0. The minimum Gasteiger partial charge on any atom is -0.397 e. The summed E-state index contributed by atoms with van der Waals surface area (Å²) >= 11 is 11.8. The molecular weight excluding hydrogens is 257 g/mol. The maximum atomic E-state index is 5.90. The molecule has 2 aromatic rings. The summed E-state index contributed by atoms with van der Waals surface area (Å²) in [6, 6.07) is 10.6. The van der Waals surface area contributed by atoms with Crippen LogP contribution in [0.25, 0.3) is 0 Å². The van der Waals surface area contributed by atoms with Gasteiger partial charge in [-0.1, -0.05) is 23.2 Å². The van der Waals surface area contributed by atoms with Crippen LogP contribution >= 0.6 is 23.2 Å². The number of benzene rings is 2. The largest absolute Gasteiger partial charge is 0.397 e. The Morgan fingerprint density at radius 2 is 1.41 bits per heavy atom. The Hall–Kier alpha value is -1.58. The highest BCUT2D eigenvalue weighted by Crippen LogP contribution is 2.27. The molecule has 0 fully saturated rings. The number of nitrogens with one attached hydrogen (secondary N) is 1. The molecule has 0 aliphatic carbocycles. The van der Waals surface area contributed by atoms with E-state index in [2.05, 4.69) is 5.32 Å². The first-order valence-corrected chi connectivity index (χ1v) is 5.68. The van der Waals surface area contributed by atoms with Crippen LogP contribution in [0, 0.1) is 0 Å². The quantitative estimate of drug-likeness (QED) is 0.724. The van der Waals surface area contributed by atoms with Crippen LogP contribution in [-0.2, 0) is 0 Å². The number of hydrogen-bond acceptors (Lipinski definition) is 3. The van der Waals surface area contributed by atoms with Crippen molar-refractivity contribution in [1.82, 2.24) is 0 Å². The van der Waals surface area contributed by atoms with Crippen LogP contribution in [0.3, 0.4) is 0 Å². The summed E-state index contributed by atoms with van der Waals surface area (Å²) in [5.74, 6) is 0. The molecule has 0 saturated heterocycles. The lowest BCUT2D eigenvalue weighted by atomic mass is 10.2. The second-order valence-electron chi connectivity index (χ2n) is 3.63. The van der Waals surface area contributed by atoms with Crippen molar-refractivity contribution < 1.29 is 0 Å². The van der Waals surface area contributed by atoms with Crippen molar-refractivity contribution in [3.63, 3.8) is 0 Å². The van der Waals surface area contributed by atoms with E-state index < -0.39 is 0 Å². The molecule has 5 N–H and O–H groups in total. The average Bonchev–Trinajstić information content (AvgIpc) is 2.22. The van der Waals surface area contributed by atoms with Gasteiger partial charge in [0.15, 0.2) is 0 Å². The SMILES string of the molecule is Nc1ccc(Nc2cc(Cl)cc(Cl)c2)cc1N. The van der Waals surface area contributed by atoms with Crippen LogP contribution in [0.15, 0.2) is 36.4 Å². The molecule has 0 amide bonds. The smallest absolute Gasteiger partial charge is 0.0568 e. The maximum Gasteiger partial charge on any atom is 0.0568 e. The van der Waals surface area contributed by atoms with Gasteiger partial charge < -0.3 is 16.8 Å². The molecule has 0 aliphatic rings. The van der Waals surface area contributed by atoms with E-state index in [1.807, 2.05) is 6.07 Å². The fraction of sp³-hybridized carbons (Fsp3) is 0.